The number of hydrogen-bond donors (Lipinski definition) is 2. The summed E-state index contributed by atoms with van der Waals surface area (Å²) >= 11 is 1.50. The number of carbonyl (C=O) groups excluding carboxylic acids is 1. The summed E-state index contributed by atoms with van der Waals surface area (Å²) in [6.45, 7) is 4.62. The highest BCUT2D eigenvalue weighted by atomic mass is 32.2. The molecule has 33 heavy (non-hydrogen) atoms. The lowest BCUT2D eigenvalue weighted by Crippen LogP contribution is -2.30. The van der Waals surface area contributed by atoms with Crippen molar-refractivity contribution in [2.75, 3.05) is 41.4 Å². The van der Waals surface area contributed by atoms with Crippen molar-refractivity contribution in [2.45, 2.75) is 31.1 Å². The number of thioether (sulfide) groups is 1. The van der Waals surface area contributed by atoms with E-state index in [4.69, 9.17) is 0 Å². The van der Waals surface area contributed by atoms with E-state index in [0.29, 0.717) is 13.0 Å². The highest BCUT2D eigenvalue weighted by Crippen LogP contribution is 2.34. The van der Waals surface area contributed by atoms with Crippen LogP contribution in [0.5, 0.6) is 0 Å². The number of rotatable bonds is 9. The molecule has 2 aromatic rings. The van der Waals surface area contributed by atoms with Crippen molar-refractivity contribution in [1.29, 1.82) is 0 Å². The molecular formula is C24H30N4O3S2. The Hall–Kier alpha value is -2.52. The van der Waals surface area contributed by atoms with Gasteiger partial charge in [-0.05, 0) is 43.2 Å². The molecule has 0 aromatic heterocycles. The molecule has 0 spiro atoms. The number of anilines is 2. The number of fused-ring (bicyclic) bond motifs is 1. The van der Waals surface area contributed by atoms with E-state index in [1.54, 1.807) is 0 Å². The SMILES string of the molecule is CCN(CCCNC(=O)Cc1ccc(NC2=NC3CS(=O)(=O)CC3S2)cc1)c1ccccc1. The standard InChI is InChI=1S/C24H30N4O3S2/c1-2-28(20-7-4-3-5-8-20)14-6-13-25-23(29)15-18-9-11-19(12-10-18)26-24-27-21-16-33(30,31)17-22(21)32-24/h3-5,7-12,21-22H,2,6,13-17H2,1H3,(H,25,29)(H,26,27). The Morgan fingerprint density at radius 1 is 1.12 bits per heavy atom. The van der Waals surface area contributed by atoms with Gasteiger partial charge in [-0.25, -0.2) is 8.42 Å². The molecule has 2 unspecified atom stereocenters. The summed E-state index contributed by atoms with van der Waals surface area (Å²) in [5, 5.41) is 7.06. The predicted molar refractivity (Wildman–Crippen MR) is 137 cm³/mol. The van der Waals surface area contributed by atoms with Crippen LogP contribution in [0.25, 0.3) is 0 Å². The van der Waals surface area contributed by atoms with Crippen molar-refractivity contribution >= 4 is 44.0 Å². The number of nitrogens with zero attached hydrogens (tertiary/aromatic N) is 2. The summed E-state index contributed by atoms with van der Waals surface area (Å²) in [6.07, 6.45) is 1.23. The molecule has 7 nitrogen and oxygen atoms in total. The highest BCUT2D eigenvalue weighted by Gasteiger charge is 2.42. The molecule has 0 bridgehead atoms. The average Bonchev–Trinajstić information content (AvgIpc) is 3.28. The van der Waals surface area contributed by atoms with Gasteiger partial charge in [0.15, 0.2) is 15.0 Å². The second kappa shape index (κ2) is 10.6. The fraction of sp³-hybridized carbons (Fsp3) is 0.417. The Morgan fingerprint density at radius 2 is 1.88 bits per heavy atom. The lowest BCUT2D eigenvalue weighted by molar-refractivity contribution is -0.120. The molecule has 2 aliphatic heterocycles. The minimum atomic E-state index is -2.94. The quantitative estimate of drug-likeness (QED) is 0.530. The molecule has 2 aromatic carbocycles. The third-order valence-corrected chi connectivity index (χ3v) is 8.96. The Balaban J connectivity index is 1.18. The van der Waals surface area contributed by atoms with Gasteiger partial charge in [-0.1, -0.05) is 42.1 Å². The monoisotopic (exact) mass is 486 g/mol. The second-order valence-corrected chi connectivity index (χ2v) is 11.7. The largest absolute Gasteiger partial charge is 0.372 e. The topological polar surface area (TPSA) is 90.9 Å². The van der Waals surface area contributed by atoms with Gasteiger partial charge in [-0.2, -0.15) is 0 Å². The molecule has 1 fully saturated rings. The molecule has 0 saturated carbocycles. The zero-order valence-electron chi connectivity index (χ0n) is 18.7. The van der Waals surface area contributed by atoms with Gasteiger partial charge >= 0.3 is 0 Å². The van der Waals surface area contributed by atoms with Crippen molar-refractivity contribution in [2.24, 2.45) is 4.99 Å². The summed E-state index contributed by atoms with van der Waals surface area (Å²) in [5.74, 6) is 0.365. The average molecular weight is 487 g/mol. The maximum atomic E-state index is 12.3. The molecule has 176 valence electrons. The maximum absolute atomic E-state index is 12.3. The number of amidine groups is 1. The van der Waals surface area contributed by atoms with Crippen molar-refractivity contribution < 1.29 is 13.2 Å². The van der Waals surface area contributed by atoms with Crippen LogP contribution in [0.2, 0.25) is 0 Å². The molecule has 2 N–H and O–H groups in total. The van der Waals surface area contributed by atoms with E-state index in [9.17, 15) is 13.2 Å². The van der Waals surface area contributed by atoms with Gasteiger partial charge in [-0.15, -0.1) is 0 Å². The molecule has 1 saturated heterocycles. The van der Waals surface area contributed by atoms with Crippen molar-refractivity contribution in [3.8, 4) is 0 Å². The van der Waals surface area contributed by atoms with Crippen molar-refractivity contribution in [3.05, 3.63) is 60.2 Å². The zero-order valence-corrected chi connectivity index (χ0v) is 20.4. The first kappa shape index (κ1) is 23.6. The molecule has 2 heterocycles. The summed E-state index contributed by atoms with van der Waals surface area (Å²) in [6, 6.07) is 17.9. The molecule has 4 rings (SSSR count). The van der Waals surface area contributed by atoms with Crippen molar-refractivity contribution in [1.82, 2.24) is 5.32 Å². The number of carbonyl (C=O) groups is 1. The van der Waals surface area contributed by atoms with E-state index < -0.39 is 9.84 Å². The first-order valence-corrected chi connectivity index (χ1v) is 14.0. The van der Waals surface area contributed by atoms with Gasteiger partial charge in [-0.3, -0.25) is 9.79 Å². The summed E-state index contributed by atoms with van der Waals surface area (Å²) in [5.41, 5.74) is 3.03. The normalized spacial score (nSPS) is 20.7. The number of sulfone groups is 1. The van der Waals surface area contributed by atoms with E-state index >= 15 is 0 Å². The van der Waals surface area contributed by atoms with Gasteiger partial charge in [0.1, 0.15) is 0 Å². The molecule has 2 atom stereocenters. The highest BCUT2D eigenvalue weighted by molar-refractivity contribution is 8.15. The third kappa shape index (κ3) is 6.51. The first-order chi connectivity index (χ1) is 15.9. The van der Waals surface area contributed by atoms with Crippen LogP contribution in [-0.4, -0.2) is 61.9 Å². The molecular weight excluding hydrogens is 456 g/mol. The van der Waals surface area contributed by atoms with Gasteiger partial charge < -0.3 is 15.5 Å². The fourth-order valence-electron chi connectivity index (χ4n) is 4.10. The van der Waals surface area contributed by atoms with Crippen LogP contribution in [0.4, 0.5) is 11.4 Å². The number of para-hydroxylation sites is 1. The zero-order chi connectivity index (χ0) is 23.3. The van der Waals surface area contributed by atoms with Gasteiger partial charge in [0.25, 0.3) is 0 Å². The summed E-state index contributed by atoms with van der Waals surface area (Å²) in [4.78, 5) is 19.1. The van der Waals surface area contributed by atoms with Crippen LogP contribution in [0.1, 0.15) is 18.9 Å². The van der Waals surface area contributed by atoms with Crippen LogP contribution in [-0.2, 0) is 21.1 Å². The van der Waals surface area contributed by atoms with E-state index in [1.807, 2.05) is 42.5 Å². The van der Waals surface area contributed by atoms with Gasteiger partial charge in [0, 0.05) is 36.3 Å². The third-order valence-electron chi connectivity index (χ3n) is 5.82. The molecule has 2 aliphatic rings. The lowest BCUT2D eigenvalue weighted by atomic mass is 10.1. The smallest absolute Gasteiger partial charge is 0.224 e. The van der Waals surface area contributed by atoms with E-state index in [0.717, 1.165) is 35.9 Å². The number of aliphatic imine (C=N–C) groups is 1. The number of hydrogen-bond acceptors (Lipinski definition) is 7. The van der Waals surface area contributed by atoms with Crippen LogP contribution in [0.15, 0.2) is 59.6 Å². The Labute approximate surface area is 200 Å². The van der Waals surface area contributed by atoms with E-state index in [-0.39, 0.29) is 28.7 Å². The van der Waals surface area contributed by atoms with E-state index in [1.165, 1.54) is 17.4 Å². The lowest BCUT2D eigenvalue weighted by Gasteiger charge is -2.23. The minimum Gasteiger partial charge on any atom is -0.372 e. The Kier molecular flexibility index (Phi) is 7.60. The summed E-state index contributed by atoms with van der Waals surface area (Å²) < 4.78 is 23.4. The van der Waals surface area contributed by atoms with E-state index in [2.05, 4.69) is 39.6 Å². The van der Waals surface area contributed by atoms with Crippen LogP contribution >= 0.6 is 11.8 Å². The van der Waals surface area contributed by atoms with Crippen molar-refractivity contribution in [3.63, 3.8) is 0 Å². The number of nitrogens with one attached hydrogen (secondary N) is 2. The Morgan fingerprint density at radius 3 is 2.58 bits per heavy atom. The van der Waals surface area contributed by atoms with Crippen LogP contribution in [0, 0.1) is 0 Å². The summed E-state index contributed by atoms with van der Waals surface area (Å²) in [7, 11) is -2.94. The second-order valence-electron chi connectivity index (χ2n) is 8.35. The Bertz CT molecular complexity index is 1090. The molecule has 0 aliphatic carbocycles. The number of amides is 1. The van der Waals surface area contributed by atoms with Gasteiger partial charge in [0.2, 0.25) is 5.91 Å². The number of benzene rings is 2. The predicted octanol–water partition coefficient (Wildman–Crippen LogP) is 2.94. The molecule has 0 radical (unpaired) electrons. The molecule has 1 amide bonds. The fourth-order valence-corrected chi connectivity index (χ4v) is 7.78. The maximum Gasteiger partial charge on any atom is 0.224 e. The minimum absolute atomic E-state index is 0.0169. The molecule has 9 heteroatoms. The van der Waals surface area contributed by atoms with Crippen LogP contribution in [0.3, 0.4) is 0 Å². The van der Waals surface area contributed by atoms with Crippen LogP contribution < -0.4 is 15.5 Å². The first-order valence-electron chi connectivity index (χ1n) is 11.3. The van der Waals surface area contributed by atoms with Gasteiger partial charge in [0.05, 0.1) is 24.0 Å².